The Morgan fingerprint density at radius 1 is 1.19 bits per heavy atom. The molecule has 0 saturated heterocycles. The maximum atomic E-state index is 12.0. The van der Waals surface area contributed by atoms with E-state index in [1.807, 2.05) is 24.3 Å². The van der Waals surface area contributed by atoms with Crippen LogP contribution in [-0.4, -0.2) is 18.0 Å². The molecule has 2 fully saturated rings. The lowest BCUT2D eigenvalue weighted by molar-refractivity contribution is -0.150. The minimum absolute atomic E-state index is 0.0987. The van der Waals surface area contributed by atoms with Crippen molar-refractivity contribution < 1.29 is 14.3 Å². The largest absolute Gasteiger partial charge is 0.462 e. The fourth-order valence-corrected chi connectivity index (χ4v) is 3.62. The molecule has 112 valence electrons. The van der Waals surface area contributed by atoms with Crippen molar-refractivity contribution in [2.45, 2.75) is 45.1 Å². The van der Waals surface area contributed by atoms with Crippen molar-refractivity contribution in [3.05, 3.63) is 29.8 Å². The van der Waals surface area contributed by atoms with Gasteiger partial charge >= 0.3 is 5.97 Å². The van der Waals surface area contributed by atoms with Crippen molar-refractivity contribution in [1.29, 1.82) is 0 Å². The Kier molecular flexibility index (Phi) is 3.95. The van der Waals surface area contributed by atoms with Crippen LogP contribution in [0.5, 0.6) is 0 Å². The maximum Gasteiger partial charge on any atom is 0.310 e. The van der Waals surface area contributed by atoms with Gasteiger partial charge in [0.15, 0.2) is 0 Å². The monoisotopic (exact) mass is 287 g/mol. The minimum atomic E-state index is -0.139. The van der Waals surface area contributed by atoms with Gasteiger partial charge in [-0.2, -0.15) is 0 Å². The van der Waals surface area contributed by atoms with Crippen molar-refractivity contribution in [2.75, 3.05) is 5.32 Å². The number of fused-ring (bicyclic) bond motifs is 2. The Balaban J connectivity index is 1.51. The van der Waals surface area contributed by atoms with Crippen molar-refractivity contribution in [3.8, 4) is 0 Å². The van der Waals surface area contributed by atoms with Gasteiger partial charge in [0, 0.05) is 12.6 Å². The van der Waals surface area contributed by atoms with E-state index in [1.165, 1.54) is 26.2 Å². The molecule has 0 aromatic heterocycles. The van der Waals surface area contributed by atoms with Gasteiger partial charge in [-0.25, -0.2) is 0 Å². The van der Waals surface area contributed by atoms with Crippen molar-refractivity contribution in [1.82, 2.24) is 0 Å². The quantitative estimate of drug-likeness (QED) is 0.866. The third-order valence-corrected chi connectivity index (χ3v) is 4.58. The minimum Gasteiger partial charge on any atom is -0.462 e. The number of ether oxygens (including phenoxy) is 1. The highest BCUT2D eigenvalue weighted by atomic mass is 16.5. The second-order valence-corrected chi connectivity index (χ2v) is 6.26. The van der Waals surface area contributed by atoms with E-state index in [-0.39, 0.29) is 18.0 Å². The molecule has 1 N–H and O–H groups in total. The Morgan fingerprint density at radius 3 is 2.52 bits per heavy atom. The van der Waals surface area contributed by atoms with Crippen LogP contribution in [0, 0.1) is 11.8 Å². The van der Waals surface area contributed by atoms with E-state index in [0.29, 0.717) is 12.3 Å². The zero-order valence-corrected chi connectivity index (χ0v) is 12.3. The van der Waals surface area contributed by atoms with Gasteiger partial charge in [-0.15, -0.1) is 0 Å². The zero-order valence-electron chi connectivity index (χ0n) is 12.3. The Bertz CT molecular complexity index is 537. The van der Waals surface area contributed by atoms with E-state index in [9.17, 15) is 9.59 Å². The number of carbonyl (C=O) groups excluding carboxylic acids is 2. The lowest BCUT2D eigenvalue weighted by Crippen LogP contribution is -2.24. The van der Waals surface area contributed by atoms with Gasteiger partial charge in [-0.3, -0.25) is 9.59 Å². The molecular formula is C17H21NO3. The number of benzene rings is 1. The van der Waals surface area contributed by atoms with Crippen LogP contribution in [0.15, 0.2) is 24.3 Å². The topological polar surface area (TPSA) is 55.4 Å². The molecule has 3 atom stereocenters. The number of esters is 1. The number of anilines is 1. The fourth-order valence-electron chi connectivity index (χ4n) is 3.62. The van der Waals surface area contributed by atoms with E-state index in [0.717, 1.165) is 23.6 Å². The SMILES string of the molecule is CC(=O)Nc1ccc(CC(=O)OC2CC3CCC2C3)cc1. The number of rotatable bonds is 4. The molecule has 3 unspecified atom stereocenters. The lowest BCUT2D eigenvalue weighted by Gasteiger charge is -2.21. The predicted octanol–water partition coefficient (Wildman–Crippen LogP) is 2.92. The molecule has 21 heavy (non-hydrogen) atoms. The molecule has 0 aliphatic heterocycles. The molecule has 2 bridgehead atoms. The van der Waals surface area contributed by atoms with E-state index in [4.69, 9.17) is 4.74 Å². The molecule has 1 aromatic rings. The number of amides is 1. The molecule has 1 aromatic carbocycles. The molecule has 4 heteroatoms. The summed E-state index contributed by atoms with van der Waals surface area (Å²) < 4.78 is 5.64. The first-order valence-electron chi connectivity index (χ1n) is 7.66. The van der Waals surface area contributed by atoms with Crippen molar-refractivity contribution in [3.63, 3.8) is 0 Å². The van der Waals surface area contributed by atoms with E-state index < -0.39 is 0 Å². The van der Waals surface area contributed by atoms with Crippen molar-refractivity contribution in [2.24, 2.45) is 11.8 Å². The van der Waals surface area contributed by atoms with Crippen LogP contribution in [-0.2, 0) is 20.7 Å². The molecule has 2 aliphatic carbocycles. The summed E-state index contributed by atoms with van der Waals surface area (Å²) in [7, 11) is 0. The average Bonchev–Trinajstić information content (AvgIpc) is 3.02. The van der Waals surface area contributed by atoms with Gasteiger partial charge in [-0.1, -0.05) is 12.1 Å². The average molecular weight is 287 g/mol. The van der Waals surface area contributed by atoms with Crippen LogP contribution in [0.2, 0.25) is 0 Å². The van der Waals surface area contributed by atoms with Gasteiger partial charge in [0.1, 0.15) is 6.10 Å². The van der Waals surface area contributed by atoms with Crippen LogP contribution in [0.1, 0.15) is 38.2 Å². The standard InChI is InChI=1S/C17H21NO3/c1-11(19)18-15-6-3-12(4-7-15)10-17(20)21-16-9-13-2-5-14(16)8-13/h3-4,6-7,13-14,16H,2,5,8-10H2,1H3,(H,18,19). The first-order chi connectivity index (χ1) is 10.1. The molecule has 4 nitrogen and oxygen atoms in total. The first kappa shape index (κ1) is 14.1. The van der Waals surface area contributed by atoms with Crippen LogP contribution >= 0.6 is 0 Å². The Morgan fingerprint density at radius 2 is 1.95 bits per heavy atom. The van der Waals surface area contributed by atoms with E-state index in [2.05, 4.69) is 5.32 Å². The normalized spacial score (nSPS) is 26.6. The Hall–Kier alpha value is -1.84. The molecule has 2 aliphatic rings. The molecule has 1 amide bonds. The van der Waals surface area contributed by atoms with Gasteiger partial charge in [0.05, 0.1) is 6.42 Å². The maximum absolute atomic E-state index is 12.0. The summed E-state index contributed by atoms with van der Waals surface area (Å²) in [6.45, 7) is 1.47. The van der Waals surface area contributed by atoms with E-state index >= 15 is 0 Å². The summed E-state index contributed by atoms with van der Waals surface area (Å²) in [5.41, 5.74) is 1.66. The third kappa shape index (κ3) is 3.43. The van der Waals surface area contributed by atoms with Gasteiger partial charge in [0.2, 0.25) is 5.91 Å². The molecule has 3 rings (SSSR count). The van der Waals surface area contributed by atoms with Crippen LogP contribution in [0.3, 0.4) is 0 Å². The molecular weight excluding hydrogens is 266 g/mol. The molecule has 0 heterocycles. The molecule has 0 radical (unpaired) electrons. The number of carbonyl (C=O) groups is 2. The number of hydrogen-bond donors (Lipinski definition) is 1. The number of nitrogens with one attached hydrogen (secondary N) is 1. The summed E-state index contributed by atoms with van der Waals surface area (Å²) in [5.74, 6) is 1.14. The second kappa shape index (κ2) is 5.88. The van der Waals surface area contributed by atoms with E-state index in [1.54, 1.807) is 0 Å². The number of hydrogen-bond acceptors (Lipinski definition) is 3. The highest BCUT2D eigenvalue weighted by Gasteiger charge is 2.41. The highest BCUT2D eigenvalue weighted by molar-refractivity contribution is 5.88. The summed E-state index contributed by atoms with van der Waals surface area (Å²) in [5, 5.41) is 2.71. The summed E-state index contributed by atoms with van der Waals surface area (Å²) >= 11 is 0. The van der Waals surface area contributed by atoms with Crippen LogP contribution in [0.4, 0.5) is 5.69 Å². The van der Waals surface area contributed by atoms with Gasteiger partial charge < -0.3 is 10.1 Å². The van der Waals surface area contributed by atoms with Crippen LogP contribution in [0.25, 0.3) is 0 Å². The smallest absolute Gasteiger partial charge is 0.310 e. The fraction of sp³-hybridized carbons (Fsp3) is 0.529. The first-order valence-corrected chi connectivity index (χ1v) is 7.66. The Labute approximate surface area is 124 Å². The molecule has 0 spiro atoms. The third-order valence-electron chi connectivity index (χ3n) is 4.58. The van der Waals surface area contributed by atoms with Crippen LogP contribution < -0.4 is 5.32 Å². The van der Waals surface area contributed by atoms with Gasteiger partial charge in [-0.05, 0) is 55.2 Å². The summed E-state index contributed by atoms with van der Waals surface area (Å²) in [4.78, 5) is 23.0. The summed E-state index contributed by atoms with van der Waals surface area (Å²) in [6.07, 6.45) is 5.27. The summed E-state index contributed by atoms with van der Waals surface area (Å²) in [6, 6.07) is 7.32. The zero-order chi connectivity index (χ0) is 14.8. The second-order valence-electron chi connectivity index (χ2n) is 6.26. The highest BCUT2D eigenvalue weighted by Crippen LogP contribution is 2.45. The predicted molar refractivity (Wildman–Crippen MR) is 79.8 cm³/mol. The lowest BCUT2D eigenvalue weighted by atomic mass is 9.98. The van der Waals surface area contributed by atoms with Crippen molar-refractivity contribution >= 4 is 17.6 Å². The molecule has 2 saturated carbocycles. The van der Waals surface area contributed by atoms with Gasteiger partial charge in [0.25, 0.3) is 0 Å².